The minimum atomic E-state index is -2.90. The van der Waals surface area contributed by atoms with Crippen molar-refractivity contribution in [3.05, 3.63) is 74.1 Å². The molecule has 0 bridgehead atoms. The minimum Gasteiger partial charge on any atom is -0.379 e. The summed E-state index contributed by atoms with van der Waals surface area (Å²) >= 11 is 3.51. The molecule has 1 fully saturated rings. The number of nitro groups is 1. The number of aryl methyl sites for hydroxylation is 2. The van der Waals surface area contributed by atoms with E-state index in [9.17, 15) is 19.8 Å². The number of non-ortho nitro benzene ring substituents is 1. The van der Waals surface area contributed by atoms with Gasteiger partial charge < -0.3 is 9.41 Å². The molecule has 1 aromatic heterocycles. The van der Waals surface area contributed by atoms with E-state index in [1.54, 1.807) is 22.9 Å². The fourth-order valence-electron chi connectivity index (χ4n) is 4.82. The molecule has 2 aliphatic heterocycles. The number of benzene rings is 2. The predicted molar refractivity (Wildman–Crippen MR) is 149 cm³/mol. The molecule has 5 rings (SSSR count). The summed E-state index contributed by atoms with van der Waals surface area (Å²) in [4.78, 5) is 16.0. The van der Waals surface area contributed by atoms with E-state index in [4.69, 9.17) is 19.6 Å². The number of hydrogen-bond donors (Lipinski definition) is 0. The molecule has 0 N–H and O–H groups in total. The maximum atomic E-state index is 13.9. The van der Waals surface area contributed by atoms with Gasteiger partial charge in [0.15, 0.2) is 13.2 Å². The van der Waals surface area contributed by atoms with Gasteiger partial charge in [-0.1, -0.05) is 0 Å². The fourth-order valence-corrected chi connectivity index (χ4v) is 9.27. The lowest BCUT2D eigenvalue weighted by Crippen LogP contribution is -2.45. The highest BCUT2D eigenvalue weighted by atomic mass is 79.9. The number of halogens is 2. The molecule has 3 heterocycles. The molecule has 2 aromatic carbocycles. The van der Waals surface area contributed by atoms with E-state index in [0.29, 0.717) is 60.2 Å². The normalized spacial score (nSPS) is 19.3. The molecule has 0 radical (unpaired) electrons. The quantitative estimate of drug-likeness (QED) is 0.211. The van der Waals surface area contributed by atoms with Crippen LogP contribution in [0.1, 0.15) is 17.7 Å². The molecule has 39 heavy (non-hydrogen) atoms. The van der Waals surface area contributed by atoms with Crippen LogP contribution in [0.25, 0.3) is 0 Å². The average molecular weight is 615 g/mol. The molecule has 11 nitrogen and oxygen atoms in total. The van der Waals surface area contributed by atoms with Gasteiger partial charge in [-0.3, -0.25) is 10.1 Å². The van der Waals surface area contributed by atoms with Crippen molar-refractivity contribution < 1.29 is 14.1 Å². The molecule has 0 saturated carbocycles. The van der Waals surface area contributed by atoms with Gasteiger partial charge in [0, 0.05) is 37.8 Å². The van der Waals surface area contributed by atoms with Crippen LogP contribution in [0, 0.1) is 34.2 Å². The molecule has 0 unspecified atom stereocenters. The van der Waals surface area contributed by atoms with Crippen LogP contribution in [0.3, 0.4) is 0 Å². The van der Waals surface area contributed by atoms with Gasteiger partial charge in [-0.15, -0.1) is 0 Å². The van der Waals surface area contributed by atoms with Crippen LogP contribution in [-0.2, 0) is 11.3 Å². The van der Waals surface area contributed by atoms with Crippen LogP contribution in [0.5, 0.6) is 0 Å². The van der Waals surface area contributed by atoms with Crippen molar-refractivity contribution >= 4 is 51.6 Å². The summed E-state index contributed by atoms with van der Waals surface area (Å²) in [6.07, 6.45) is 0.249. The second kappa shape index (κ2) is 11.0. The summed E-state index contributed by atoms with van der Waals surface area (Å²) < 4.78 is 31.5. The van der Waals surface area contributed by atoms with Crippen LogP contribution >= 0.6 is 23.3 Å². The Kier molecular flexibility index (Phi) is 7.64. The van der Waals surface area contributed by atoms with E-state index < -0.39 is 12.3 Å². The maximum absolute atomic E-state index is 13.9. The number of amidine groups is 1. The lowest BCUT2D eigenvalue weighted by molar-refractivity contribution is -0.384. The largest absolute Gasteiger partial charge is 0.379 e. The molecule has 2 aliphatic rings. The predicted octanol–water partition coefficient (Wildman–Crippen LogP) is 5.26. The summed E-state index contributed by atoms with van der Waals surface area (Å²) in [6.45, 7) is 4.44. The number of hydrogen-bond acceptors (Lipinski definition) is 7. The molecule has 1 atom stereocenters. The van der Waals surface area contributed by atoms with E-state index in [1.165, 1.54) is 24.3 Å². The zero-order chi connectivity index (χ0) is 27.7. The van der Waals surface area contributed by atoms with Crippen LogP contribution in [0.15, 0.2) is 56.7 Å². The van der Waals surface area contributed by atoms with Gasteiger partial charge in [0.05, 0.1) is 58.3 Å². The number of aliphatic imine (C=N–C) groups is 1. The maximum Gasteiger partial charge on any atom is 0.270 e. The number of ether oxygens (including phenoxy) is 1. The lowest BCUT2D eigenvalue weighted by Gasteiger charge is -2.46. The third kappa shape index (κ3) is 4.89. The first-order chi connectivity index (χ1) is 18.8. The first-order valence-corrected chi connectivity index (χ1v) is 14.6. The van der Waals surface area contributed by atoms with Crippen LogP contribution in [-0.4, -0.2) is 63.2 Å². The van der Waals surface area contributed by atoms with Crippen molar-refractivity contribution in [2.45, 2.75) is 19.9 Å². The summed E-state index contributed by atoms with van der Waals surface area (Å²) in [5.74, 6) is 0.825. The highest BCUT2D eigenvalue weighted by Crippen LogP contribution is 2.62. The smallest absolute Gasteiger partial charge is 0.270 e. The van der Waals surface area contributed by atoms with E-state index in [2.05, 4.69) is 26.7 Å². The third-order valence-corrected chi connectivity index (χ3v) is 11.1. The highest BCUT2D eigenvalue weighted by Gasteiger charge is 2.45. The van der Waals surface area contributed by atoms with E-state index in [1.807, 2.05) is 18.6 Å². The molecular formula is C25H25BrFN8O3P. The molecule has 1 saturated heterocycles. The summed E-state index contributed by atoms with van der Waals surface area (Å²) in [6, 6.07) is 12.8. The number of morpholine rings is 1. The average Bonchev–Trinajstić information content (AvgIpc) is 3.25. The van der Waals surface area contributed by atoms with Gasteiger partial charge in [-0.2, -0.15) is 10.4 Å². The molecule has 14 heteroatoms. The van der Waals surface area contributed by atoms with Crippen LogP contribution < -0.4 is 5.30 Å². The van der Waals surface area contributed by atoms with Crippen molar-refractivity contribution in [3.8, 4) is 6.07 Å². The second-order valence-corrected chi connectivity index (χ2v) is 12.8. The topological polar surface area (TPSA) is 125 Å². The van der Waals surface area contributed by atoms with E-state index >= 15 is 0 Å². The monoisotopic (exact) mass is 614 g/mol. The summed E-state index contributed by atoms with van der Waals surface area (Å²) in [7, 11) is -0.976. The fraction of sp³-hybridized carbons (Fsp3) is 0.320. The molecule has 0 spiro atoms. The number of nitro benzene ring substituents is 1. The Morgan fingerprint density at radius 1 is 1.26 bits per heavy atom. The van der Waals surface area contributed by atoms with E-state index in [0.717, 1.165) is 11.0 Å². The van der Waals surface area contributed by atoms with Crippen molar-refractivity contribution in [3.63, 3.8) is 0 Å². The Morgan fingerprint density at radius 2 is 1.97 bits per heavy atom. The summed E-state index contributed by atoms with van der Waals surface area (Å²) in [5, 5.41) is 26.3. The number of nitriles is 1. The van der Waals surface area contributed by atoms with Crippen molar-refractivity contribution in [2.24, 2.45) is 9.74 Å². The SMILES string of the molecule is Cc1nn(CCC#N)c2c1[P@](=Nc1ccc([N+](=O)[O-])cc1Br)(N1CCOCC1)N(C)C(c1ccc(F)cc1)=N2. The Hall–Kier alpha value is -3.43. The number of rotatable bonds is 6. The Balaban J connectivity index is 1.84. The number of fused-ring (bicyclic) bond motifs is 1. The van der Waals surface area contributed by atoms with Crippen LogP contribution in [0.4, 0.5) is 21.6 Å². The second-order valence-electron chi connectivity index (χ2n) is 8.98. The first-order valence-electron chi connectivity index (χ1n) is 12.2. The Bertz CT molecular complexity index is 1560. The first kappa shape index (κ1) is 27.1. The summed E-state index contributed by atoms with van der Waals surface area (Å²) in [5.41, 5.74) is 1.93. The lowest BCUT2D eigenvalue weighted by atomic mass is 10.2. The standard InChI is InChI=1S/C25H25BrFN8O3P/c1-17-23-25(34(30-17)11-3-10-28)29-24(18-4-6-19(27)7-5-18)32(2)39(23,33-12-14-38-15-13-33)31-22-9-8-20(35(36)37)16-21(22)26/h4-9,16H,3,11-15H2,1-2H3/t39-/m1/s1. The Morgan fingerprint density at radius 3 is 2.62 bits per heavy atom. The molecule has 202 valence electrons. The zero-order valence-electron chi connectivity index (χ0n) is 21.3. The molecular weight excluding hydrogens is 590 g/mol. The van der Waals surface area contributed by atoms with Gasteiger partial charge in [0.2, 0.25) is 0 Å². The zero-order valence-corrected chi connectivity index (χ0v) is 23.8. The number of aromatic nitrogens is 2. The van der Waals surface area contributed by atoms with Gasteiger partial charge in [-0.25, -0.2) is 23.5 Å². The third-order valence-electron chi connectivity index (χ3n) is 6.62. The minimum absolute atomic E-state index is 0.0497. The van der Waals surface area contributed by atoms with Gasteiger partial charge >= 0.3 is 0 Å². The highest BCUT2D eigenvalue weighted by molar-refractivity contribution is 9.10. The molecule has 0 amide bonds. The van der Waals surface area contributed by atoms with Crippen molar-refractivity contribution in [2.75, 3.05) is 33.4 Å². The van der Waals surface area contributed by atoms with Crippen molar-refractivity contribution in [1.82, 2.24) is 19.1 Å². The van der Waals surface area contributed by atoms with Gasteiger partial charge in [0.1, 0.15) is 11.7 Å². The number of nitrogens with zero attached hydrogens (tertiary/aromatic N) is 8. The molecule has 3 aromatic rings. The Labute approximate surface area is 232 Å². The van der Waals surface area contributed by atoms with Crippen LogP contribution in [0.2, 0.25) is 0 Å². The van der Waals surface area contributed by atoms with Gasteiger partial charge in [-0.05, 0) is 53.2 Å². The molecule has 0 aliphatic carbocycles. The van der Waals surface area contributed by atoms with Crippen molar-refractivity contribution in [1.29, 1.82) is 5.26 Å². The van der Waals surface area contributed by atoms with E-state index in [-0.39, 0.29) is 17.9 Å². The van der Waals surface area contributed by atoms with Gasteiger partial charge in [0.25, 0.3) is 5.69 Å².